The molecular formula is C22H24FN3O3. The van der Waals surface area contributed by atoms with Gasteiger partial charge in [-0.15, -0.1) is 0 Å². The summed E-state index contributed by atoms with van der Waals surface area (Å²) < 4.78 is 26.5. The molecule has 1 aromatic carbocycles. The van der Waals surface area contributed by atoms with Crippen molar-refractivity contribution in [3.05, 3.63) is 52.2 Å². The lowest BCUT2D eigenvalue weighted by atomic mass is 10.0. The minimum Gasteiger partial charge on any atom is -0.487 e. The van der Waals surface area contributed by atoms with E-state index in [0.717, 1.165) is 35.7 Å². The monoisotopic (exact) mass is 397 g/mol. The van der Waals surface area contributed by atoms with Crippen molar-refractivity contribution in [2.24, 2.45) is 0 Å². The molecule has 1 amide bonds. The van der Waals surface area contributed by atoms with Crippen LogP contribution < -0.4 is 15.0 Å². The fourth-order valence-corrected chi connectivity index (χ4v) is 4.35. The third-order valence-electron chi connectivity index (χ3n) is 5.95. The number of alkyl halides is 1. The van der Waals surface area contributed by atoms with Gasteiger partial charge in [0.25, 0.3) is 5.91 Å². The maximum atomic E-state index is 15.0. The van der Waals surface area contributed by atoms with E-state index in [1.165, 1.54) is 5.56 Å². The molecule has 152 valence electrons. The van der Waals surface area contributed by atoms with E-state index < -0.39 is 12.3 Å². The van der Waals surface area contributed by atoms with E-state index in [0.29, 0.717) is 37.4 Å². The number of nitrogens with zero attached hydrogens (tertiary/aromatic N) is 2. The van der Waals surface area contributed by atoms with E-state index in [2.05, 4.69) is 16.4 Å². The highest BCUT2D eigenvalue weighted by Crippen LogP contribution is 2.30. The summed E-state index contributed by atoms with van der Waals surface area (Å²) in [6.07, 6.45) is -0.116. The van der Waals surface area contributed by atoms with Gasteiger partial charge in [-0.2, -0.15) is 0 Å². The van der Waals surface area contributed by atoms with Crippen molar-refractivity contribution in [3.8, 4) is 5.75 Å². The summed E-state index contributed by atoms with van der Waals surface area (Å²) in [5, 5.41) is 2.78. The van der Waals surface area contributed by atoms with E-state index in [1.807, 2.05) is 30.0 Å². The fraction of sp³-hybridized carbons (Fsp3) is 0.455. The maximum Gasteiger partial charge on any atom is 0.253 e. The average Bonchev–Trinajstić information content (AvgIpc) is 3.08. The minimum absolute atomic E-state index is 0.0897. The smallest absolute Gasteiger partial charge is 0.253 e. The number of carbonyl (C=O) groups is 1. The van der Waals surface area contributed by atoms with Crippen molar-refractivity contribution in [1.82, 2.24) is 10.3 Å². The van der Waals surface area contributed by atoms with Gasteiger partial charge in [-0.25, -0.2) is 9.37 Å². The molecule has 0 aliphatic carbocycles. The molecule has 2 atom stereocenters. The molecule has 5 rings (SSSR count). The summed E-state index contributed by atoms with van der Waals surface area (Å²) in [4.78, 5) is 18.4. The molecule has 3 aliphatic rings. The third-order valence-corrected chi connectivity index (χ3v) is 5.95. The number of halogens is 1. The van der Waals surface area contributed by atoms with Crippen LogP contribution in [-0.2, 0) is 24.3 Å². The van der Waals surface area contributed by atoms with Crippen LogP contribution in [0, 0.1) is 6.92 Å². The topological polar surface area (TPSA) is 63.7 Å². The van der Waals surface area contributed by atoms with Crippen molar-refractivity contribution in [2.75, 3.05) is 24.6 Å². The van der Waals surface area contributed by atoms with Crippen LogP contribution in [-0.4, -0.2) is 42.9 Å². The first-order valence-corrected chi connectivity index (χ1v) is 10.1. The molecule has 2 aromatic rings. The van der Waals surface area contributed by atoms with Crippen LogP contribution in [0.2, 0.25) is 0 Å². The Hall–Kier alpha value is -2.67. The number of benzene rings is 1. The highest BCUT2D eigenvalue weighted by atomic mass is 19.1. The molecule has 3 aliphatic heterocycles. The molecule has 4 heterocycles. The number of ether oxygens (including phenoxy) is 2. The number of piperidine rings is 1. The molecule has 29 heavy (non-hydrogen) atoms. The van der Waals surface area contributed by atoms with Gasteiger partial charge in [-0.3, -0.25) is 4.79 Å². The summed E-state index contributed by atoms with van der Waals surface area (Å²) in [5.41, 5.74) is 4.66. The van der Waals surface area contributed by atoms with Crippen LogP contribution in [0.4, 0.5) is 10.2 Å². The maximum absolute atomic E-state index is 15.0. The second-order valence-electron chi connectivity index (χ2n) is 7.95. The molecule has 1 fully saturated rings. The zero-order valence-electron chi connectivity index (χ0n) is 16.4. The van der Waals surface area contributed by atoms with E-state index in [9.17, 15) is 9.18 Å². The largest absolute Gasteiger partial charge is 0.487 e. The van der Waals surface area contributed by atoms with Gasteiger partial charge >= 0.3 is 0 Å². The molecule has 0 bridgehead atoms. The summed E-state index contributed by atoms with van der Waals surface area (Å²) >= 11 is 0. The Morgan fingerprint density at radius 1 is 1.31 bits per heavy atom. The lowest BCUT2D eigenvalue weighted by molar-refractivity contribution is 0.0806. The van der Waals surface area contributed by atoms with Gasteiger partial charge in [-0.1, -0.05) is 6.07 Å². The number of rotatable bonds is 3. The highest BCUT2D eigenvalue weighted by molar-refractivity contribution is 5.98. The number of fused-ring (bicyclic) bond motifs is 2. The number of amides is 1. The van der Waals surface area contributed by atoms with Crippen molar-refractivity contribution < 1.29 is 18.7 Å². The Balaban J connectivity index is 1.28. The molecule has 7 heteroatoms. The fourth-order valence-electron chi connectivity index (χ4n) is 4.35. The zero-order valence-corrected chi connectivity index (χ0v) is 16.4. The summed E-state index contributed by atoms with van der Waals surface area (Å²) in [7, 11) is 0. The number of hydrogen-bond donors (Lipinski definition) is 1. The van der Waals surface area contributed by atoms with Gasteiger partial charge in [0.1, 0.15) is 17.7 Å². The molecule has 0 unspecified atom stereocenters. The molecule has 6 nitrogen and oxygen atoms in total. The summed E-state index contributed by atoms with van der Waals surface area (Å²) in [6, 6.07) is 7.82. The Morgan fingerprint density at radius 2 is 2.21 bits per heavy atom. The van der Waals surface area contributed by atoms with Crippen molar-refractivity contribution in [2.45, 2.75) is 45.2 Å². The highest BCUT2D eigenvalue weighted by Gasteiger charge is 2.33. The summed E-state index contributed by atoms with van der Waals surface area (Å²) in [6.45, 7) is 4.57. The van der Waals surface area contributed by atoms with Crippen LogP contribution in [0.1, 0.15) is 39.2 Å². The predicted molar refractivity (Wildman–Crippen MR) is 106 cm³/mol. The second kappa shape index (κ2) is 7.30. The van der Waals surface area contributed by atoms with Crippen LogP contribution in [0.3, 0.4) is 0 Å². The lowest BCUT2D eigenvalue weighted by Gasteiger charge is -2.36. The van der Waals surface area contributed by atoms with Crippen molar-refractivity contribution in [1.29, 1.82) is 0 Å². The van der Waals surface area contributed by atoms with Gasteiger partial charge < -0.3 is 19.7 Å². The zero-order chi connectivity index (χ0) is 20.0. The predicted octanol–water partition coefficient (Wildman–Crippen LogP) is 2.70. The Morgan fingerprint density at radius 3 is 3.07 bits per heavy atom. The van der Waals surface area contributed by atoms with Gasteiger partial charge in [0.05, 0.1) is 37.6 Å². The Kier molecular flexibility index (Phi) is 4.62. The number of nitrogens with one attached hydrogen (secondary N) is 1. The normalized spacial score (nSPS) is 23.4. The first-order chi connectivity index (χ1) is 14.1. The van der Waals surface area contributed by atoms with E-state index in [-0.39, 0.29) is 12.5 Å². The average molecular weight is 397 g/mol. The lowest BCUT2D eigenvalue weighted by Crippen LogP contribution is -2.47. The van der Waals surface area contributed by atoms with Crippen LogP contribution >= 0.6 is 0 Å². The number of hydrogen-bond acceptors (Lipinski definition) is 5. The number of carbonyl (C=O) groups excluding carboxylic acids is 1. The number of aromatic nitrogens is 1. The molecule has 0 radical (unpaired) electrons. The van der Waals surface area contributed by atoms with Crippen LogP contribution in [0.15, 0.2) is 24.3 Å². The van der Waals surface area contributed by atoms with Crippen molar-refractivity contribution in [3.63, 3.8) is 0 Å². The Bertz CT molecular complexity index is 965. The molecule has 1 N–H and O–H groups in total. The number of aryl methyl sites for hydroxylation is 1. The van der Waals surface area contributed by atoms with Crippen LogP contribution in [0.5, 0.6) is 5.75 Å². The standard InChI is InChI=1S/C22H24FN3O3/c1-13-8-17-19(10-24-22(17)27)25-21(13)26-6-4-20(18(23)11-26)29-16-3-2-14-5-7-28-12-15(14)9-16/h2-3,8-9,18,20H,4-7,10-12H2,1H3,(H,24,27)/t18-,20+/m0/s1. The molecule has 0 spiro atoms. The van der Waals surface area contributed by atoms with E-state index >= 15 is 0 Å². The SMILES string of the molecule is Cc1cc2c(nc1N1CC[C@@H](Oc3ccc4c(c3)COCC4)[C@@H](F)C1)CNC2=O. The molecule has 0 saturated carbocycles. The van der Waals surface area contributed by atoms with Gasteiger partial charge in [0.15, 0.2) is 6.17 Å². The van der Waals surface area contributed by atoms with E-state index in [1.54, 1.807) is 0 Å². The number of pyridine rings is 1. The first kappa shape index (κ1) is 18.4. The van der Waals surface area contributed by atoms with Gasteiger partial charge in [0.2, 0.25) is 0 Å². The van der Waals surface area contributed by atoms with Gasteiger partial charge in [-0.05, 0) is 48.2 Å². The summed E-state index contributed by atoms with van der Waals surface area (Å²) in [5.74, 6) is 1.37. The van der Waals surface area contributed by atoms with Gasteiger partial charge in [0, 0.05) is 13.0 Å². The Labute approximate surface area is 169 Å². The van der Waals surface area contributed by atoms with Crippen LogP contribution in [0.25, 0.3) is 0 Å². The quantitative estimate of drug-likeness (QED) is 0.863. The number of anilines is 1. The second-order valence-corrected chi connectivity index (χ2v) is 7.95. The first-order valence-electron chi connectivity index (χ1n) is 10.1. The minimum atomic E-state index is -1.12. The molecular weight excluding hydrogens is 373 g/mol. The van der Waals surface area contributed by atoms with E-state index in [4.69, 9.17) is 9.47 Å². The molecule has 1 saturated heterocycles. The third kappa shape index (κ3) is 3.44. The van der Waals surface area contributed by atoms with Crippen molar-refractivity contribution >= 4 is 11.7 Å². The molecule has 1 aromatic heterocycles.